The highest BCUT2D eigenvalue weighted by atomic mass is 16.5. The zero-order valence-corrected chi connectivity index (χ0v) is 16.0. The van der Waals surface area contributed by atoms with E-state index in [1.165, 1.54) is 60.6 Å². The van der Waals surface area contributed by atoms with E-state index in [1.54, 1.807) is 0 Å². The molecule has 1 aromatic heterocycles. The number of hydrogen-bond donors (Lipinski definition) is 0. The highest BCUT2D eigenvalue weighted by Gasteiger charge is 2.08. The number of aryl methyl sites for hydroxylation is 1. The fourth-order valence-electron chi connectivity index (χ4n) is 3.54. The summed E-state index contributed by atoms with van der Waals surface area (Å²) in [6.45, 7) is 4.70. The molecule has 0 aliphatic rings. The normalized spacial score (nSPS) is 11.3. The Balaban J connectivity index is 1.57. The molecule has 0 aliphatic heterocycles. The average molecular weight is 350 g/mol. The van der Waals surface area contributed by atoms with E-state index in [9.17, 15) is 0 Å². The molecular formula is C24H31NO. The zero-order valence-electron chi connectivity index (χ0n) is 16.0. The second-order valence-electron chi connectivity index (χ2n) is 7.11. The van der Waals surface area contributed by atoms with Gasteiger partial charge in [-0.05, 0) is 18.1 Å². The predicted octanol–water partition coefficient (Wildman–Crippen LogP) is 6.72. The number of unbranched alkanes of at least 4 members (excludes halogenated alkanes) is 5. The maximum atomic E-state index is 5.98. The molecule has 26 heavy (non-hydrogen) atoms. The van der Waals surface area contributed by atoms with Gasteiger partial charge in [0.15, 0.2) is 0 Å². The van der Waals surface area contributed by atoms with Crippen molar-refractivity contribution in [3.05, 3.63) is 71.9 Å². The Bertz CT molecular complexity index is 775. The summed E-state index contributed by atoms with van der Waals surface area (Å²) in [5.74, 6) is 0. The van der Waals surface area contributed by atoms with E-state index in [0.717, 1.165) is 6.54 Å². The van der Waals surface area contributed by atoms with Crippen LogP contribution < -0.4 is 0 Å². The number of hydrogen-bond acceptors (Lipinski definition) is 1. The molecule has 3 rings (SSSR count). The van der Waals surface area contributed by atoms with E-state index < -0.39 is 0 Å². The third-order valence-corrected chi connectivity index (χ3v) is 4.99. The summed E-state index contributed by atoms with van der Waals surface area (Å²) >= 11 is 0. The summed E-state index contributed by atoms with van der Waals surface area (Å²) in [7, 11) is 0. The Labute approximate surface area is 157 Å². The number of aromatic nitrogens is 1. The zero-order chi connectivity index (χ0) is 18.0. The number of ether oxygens (including phenoxy) is 1. The van der Waals surface area contributed by atoms with Crippen molar-refractivity contribution >= 4 is 10.9 Å². The smallest absolute Gasteiger partial charge is 0.0742 e. The van der Waals surface area contributed by atoms with E-state index in [1.807, 2.05) is 6.07 Å². The van der Waals surface area contributed by atoms with Crippen LogP contribution in [0.3, 0.4) is 0 Å². The highest BCUT2D eigenvalue weighted by molar-refractivity contribution is 5.83. The van der Waals surface area contributed by atoms with Crippen LogP contribution in [0.4, 0.5) is 0 Å². The van der Waals surface area contributed by atoms with Crippen LogP contribution in [0.15, 0.2) is 60.8 Å². The molecule has 0 saturated heterocycles. The number of benzene rings is 2. The second kappa shape index (κ2) is 10.2. The minimum Gasteiger partial charge on any atom is -0.372 e. The van der Waals surface area contributed by atoms with Crippen molar-refractivity contribution < 1.29 is 4.74 Å². The van der Waals surface area contributed by atoms with Crippen LogP contribution >= 0.6 is 0 Å². The molecule has 0 amide bonds. The molecule has 0 N–H and O–H groups in total. The molecule has 138 valence electrons. The summed E-state index contributed by atoms with van der Waals surface area (Å²) < 4.78 is 8.40. The van der Waals surface area contributed by atoms with Crippen LogP contribution in [0.2, 0.25) is 0 Å². The van der Waals surface area contributed by atoms with Gasteiger partial charge in [-0.1, -0.05) is 87.6 Å². The largest absolute Gasteiger partial charge is 0.372 e. The molecule has 2 nitrogen and oxygen atoms in total. The first kappa shape index (κ1) is 18.7. The van der Waals surface area contributed by atoms with Crippen LogP contribution in [0.5, 0.6) is 0 Å². The SMILES string of the molecule is CCCCCCCCn1cc(COCc2ccccc2)c2ccccc21. The van der Waals surface area contributed by atoms with Gasteiger partial charge in [-0.2, -0.15) is 0 Å². The number of para-hydroxylation sites is 1. The Kier molecular flexibility index (Phi) is 7.33. The van der Waals surface area contributed by atoms with Gasteiger partial charge in [0.25, 0.3) is 0 Å². The summed E-state index contributed by atoms with van der Waals surface area (Å²) in [6.07, 6.45) is 10.3. The monoisotopic (exact) mass is 349 g/mol. The lowest BCUT2D eigenvalue weighted by molar-refractivity contribution is 0.108. The highest BCUT2D eigenvalue weighted by Crippen LogP contribution is 2.23. The summed E-state index contributed by atoms with van der Waals surface area (Å²) in [4.78, 5) is 0. The molecule has 2 heteroatoms. The topological polar surface area (TPSA) is 14.2 Å². The second-order valence-corrected chi connectivity index (χ2v) is 7.11. The van der Waals surface area contributed by atoms with Gasteiger partial charge < -0.3 is 9.30 Å². The molecule has 0 unspecified atom stereocenters. The summed E-state index contributed by atoms with van der Waals surface area (Å²) in [6, 6.07) is 19.1. The van der Waals surface area contributed by atoms with E-state index in [0.29, 0.717) is 13.2 Å². The summed E-state index contributed by atoms with van der Waals surface area (Å²) in [5.41, 5.74) is 3.85. The third-order valence-electron chi connectivity index (χ3n) is 4.99. The van der Waals surface area contributed by atoms with Crippen LogP contribution in [0.1, 0.15) is 56.6 Å². The molecule has 3 aromatic rings. The lowest BCUT2D eigenvalue weighted by Crippen LogP contribution is -1.96. The first-order chi connectivity index (χ1) is 12.9. The van der Waals surface area contributed by atoms with Gasteiger partial charge in [0.05, 0.1) is 13.2 Å². The van der Waals surface area contributed by atoms with E-state index >= 15 is 0 Å². The van der Waals surface area contributed by atoms with Gasteiger partial charge in [-0.25, -0.2) is 0 Å². The Morgan fingerprint density at radius 3 is 2.35 bits per heavy atom. The molecule has 0 atom stereocenters. The molecule has 0 aliphatic carbocycles. The minimum atomic E-state index is 0.664. The quantitative estimate of drug-likeness (QED) is 0.350. The van der Waals surface area contributed by atoms with Crippen molar-refractivity contribution in [3.8, 4) is 0 Å². The molecule has 0 bridgehead atoms. The molecule has 0 saturated carbocycles. The Hall–Kier alpha value is -2.06. The van der Waals surface area contributed by atoms with Gasteiger partial charge in [0, 0.05) is 29.2 Å². The maximum absolute atomic E-state index is 5.98. The summed E-state index contributed by atoms with van der Waals surface area (Å²) in [5, 5.41) is 1.33. The van der Waals surface area contributed by atoms with Crippen molar-refractivity contribution in [2.24, 2.45) is 0 Å². The Morgan fingerprint density at radius 2 is 1.50 bits per heavy atom. The minimum absolute atomic E-state index is 0.664. The molecule has 1 heterocycles. The van der Waals surface area contributed by atoms with Crippen molar-refractivity contribution in [2.75, 3.05) is 0 Å². The fourth-order valence-corrected chi connectivity index (χ4v) is 3.54. The van der Waals surface area contributed by atoms with Crippen LogP contribution in [0, 0.1) is 0 Å². The van der Waals surface area contributed by atoms with Crippen molar-refractivity contribution in [2.45, 2.75) is 65.2 Å². The van der Waals surface area contributed by atoms with Gasteiger partial charge >= 0.3 is 0 Å². The number of nitrogens with zero attached hydrogens (tertiary/aromatic N) is 1. The van der Waals surface area contributed by atoms with E-state index in [4.69, 9.17) is 4.74 Å². The molecule has 0 spiro atoms. The third kappa shape index (κ3) is 5.22. The van der Waals surface area contributed by atoms with Gasteiger partial charge in [0.1, 0.15) is 0 Å². The molecule has 0 radical (unpaired) electrons. The van der Waals surface area contributed by atoms with Gasteiger partial charge in [0.2, 0.25) is 0 Å². The van der Waals surface area contributed by atoms with E-state index in [2.05, 4.69) is 66.2 Å². The van der Waals surface area contributed by atoms with Gasteiger partial charge in [-0.3, -0.25) is 0 Å². The average Bonchev–Trinajstić information content (AvgIpc) is 3.03. The molecule has 0 fully saturated rings. The van der Waals surface area contributed by atoms with E-state index in [-0.39, 0.29) is 0 Å². The van der Waals surface area contributed by atoms with Crippen LogP contribution in [-0.2, 0) is 24.5 Å². The molecule has 2 aromatic carbocycles. The first-order valence-corrected chi connectivity index (χ1v) is 10.1. The van der Waals surface area contributed by atoms with Crippen molar-refractivity contribution in [1.82, 2.24) is 4.57 Å². The van der Waals surface area contributed by atoms with Crippen LogP contribution in [0.25, 0.3) is 10.9 Å². The number of rotatable bonds is 11. The van der Waals surface area contributed by atoms with Crippen LogP contribution in [-0.4, -0.2) is 4.57 Å². The van der Waals surface area contributed by atoms with Crippen molar-refractivity contribution in [1.29, 1.82) is 0 Å². The molecular weight excluding hydrogens is 318 g/mol. The van der Waals surface area contributed by atoms with Crippen molar-refractivity contribution in [3.63, 3.8) is 0 Å². The standard InChI is InChI=1S/C24H31NO/c1-2-3-4-5-6-12-17-25-18-22(23-15-10-11-16-24(23)25)20-26-19-21-13-8-7-9-14-21/h7-11,13-16,18H,2-6,12,17,19-20H2,1H3. The predicted molar refractivity (Wildman–Crippen MR) is 110 cm³/mol. The Morgan fingerprint density at radius 1 is 0.769 bits per heavy atom. The first-order valence-electron chi connectivity index (χ1n) is 10.1. The lowest BCUT2D eigenvalue weighted by atomic mass is 10.1. The number of fused-ring (bicyclic) bond motifs is 1. The fraction of sp³-hybridized carbons (Fsp3) is 0.417. The van der Waals surface area contributed by atoms with Gasteiger partial charge in [-0.15, -0.1) is 0 Å². The lowest BCUT2D eigenvalue weighted by Gasteiger charge is -2.05. The maximum Gasteiger partial charge on any atom is 0.0742 e.